The molecule has 4 nitrogen and oxygen atoms in total. The number of amides is 2. The highest BCUT2D eigenvalue weighted by Crippen LogP contribution is 2.23. The van der Waals surface area contributed by atoms with Gasteiger partial charge in [-0.15, -0.1) is 0 Å². The monoisotopic (exact) mass is 356 g/mol. The highest BCUT2D eigenvalue weighted by atomic mass is 79.9. The molecule has 114 valence electrons. The van der Waals surface area contributed by atoms with Gasteiger partial charge in [-0.3, -0.25) is 9.59 Å². The summed E-state index contributed by atoms with van der Waals surface area (Å²) in [5.41, 5.74) is -0.556. The molecule has 2 amide bonds. The van der Waals surface area contributed by atoms with Crippen LogP contribution >= 0.6 is 15.9 Å². The molecule has 0 aromatic heterocycles. The van der Waals surface area contributed by atoms with Crippen molar-refractivity contribution in [2.45, 2.75) is 45.3 Å². The van der Waals surface area contributed by atoms with E-state index >= 15 is 0 Å². The maximum atomic E-state index is 13.9. The number of nitrogens with zero attached hydrogens (tertiary/aromatic N) is 1. The first-order chi connectivity index (χ1) is 9.70. The van der Waals surface area contributed by atoms with Gasteiger partial charge in [-0.1, -0.05) is 15.9 Å². The third-order valence-electron chi connectivity index (χ3n) is 3.61. The van der Waals surface area contributed by atoms with Crippen molar-refractivity contribution in [2.75, 3.05) is 0 Å². The lowest BCUT2D eigenvalue weighted by Gasteiger charge is -2.32. The van der Waals surface area contributed by atoms with Crippen molar-refractivity contribution >= 4 is 27.7 Å². The Hall–Kier alpha value is -1.43. The van der Waals surface area contributed by atoms with E-state index in [1.165, 1.54) is 6.07 Å². The van der Waals surface area contributed by atoms with Crippen LogP contribution in [0.1, 0.15) is 32.8 Å². The number of benzene rings is 1. The van der Waals surface area contributed by atoms with Gasteiger partial charge in [0.2, 0.25) is 11.8 Å². The lowest BCUT2D eigenvalue weighted by atomic mass is 10.0. The normalized spacial score (nSPS) is 22.0. The minimum Gasteiger partial charge on any atom is -0.342 e. The zero-order valence-corrected chi connectivity index (χ0v) is 13.8. The van der Waals surface area contributed by atoms with Gasteiger partial charge in [0.25, 0.3) is 0 Å². The predicted molar refractivity (Wildman–Crippen MR) is 81.0 cm³/mol. The molecule has 1 aliphatic rings. The first-order valence-electron chi connectivity index (χ1n) is 6.76. The summed E-state index contributed by atoms with van der Waals surface area (Å²) in [5.74, 6) is -0.738. The third-order valence-corrected chi connectivity index (χ3v) is 4.10. The molecular formula is C15H18BrFN2O2. The zero-order valence-electron chi connectivity index (χ0n) is 12.2. The second-order valence-corrected chi connectivity index (χ2v) is 6.81. The Morgan fingerprint density at radius 3 is 2.76 bits per heavy atom. The second-order valence-electron chi connectivity index (χ2n) is 5.90. The molecule has 1 heterocycles. The molecule has 1 aromatic carbocycles. The molecule has 1 fully saturated rings. The van der Waals surface area contributed by atoms with E-state index in [9.17, 15) is 14.0 Å². The Kier molecular flexibility index (Phi) is 4.37. The molecule has 0 spiro atoms. The molecule has 0 radical (unpaired) electrons. The summed E-state index contributed by atoms with van der Waals surface area (Å²) in [6, 6.07) is 4.35. The molecule has 1 atom stereocenters. The maximum absolute atomic E-state index is 13.9. The van der Waals surface area contributed by atoms with Crippen LogP contribution in [0.25, 0.3) is 0 Å². The first-order valence-corrected chi connectivity index (χ1v) is 7.56. The summed E-state index contributed by atoms with van der Waals surface area (Å²) >= 11 is 3.30. The van der Waals surface area contributed by atoms with Crippen molar-refractivity contribution in [3.63, 3.8) is 0 Å². The van der Waals surface area contributed by atoms with E-state index in [1.54, 1.807) is 37.8 Å². The van der Waals surface area contributed by atoms with E-state index in [4.69, 9.17) is 0 Å². The van der Waals surface area contributed by atoms with Crippen LogP contribution < -0.4 is 5.32 Å². The van der Waals surface area contributed by atoms with Crippen LogP contribution in [0.2, 0.25) is 0 Å². The topological polar surface area (TPSA) is 49.4 Å². The number of halogens is 2. The fourth-order valence-electron chi connectivity index (χ4n) is 2.47. The van der Waals surface area contributed by atoms with Crippen LogP contribution in [-0.2, 0) is 16.1 Å². The van der Waals surface area contributed by atoms with Crippen molar-refractivity contribution in [1.82, 2.24) is 10.2 Å². The summed E-state index contributed by atoms with van der Waals surface area (Å²) in [6.45, 7) is 5.27. The van der Waals surface area contributed by atoms with Gasteiger partial charge in [0.1, 0.15) is 11.4 Å². The van der Waals surface area contributed by atoms with Gasteiger partial charge in [0, 0.05) is 29.0 Å². The standard InChI is InChI=1S/C15H18BrFN2O2/c1-9-6-13(20)18-15(2,3)14(21)19(9)8-10-7-11(16)4-5-12(10)17/h4-5,7,9H,6,8H2,1-3H3,(H,18,20). The summed E-state index contributed by atoms with van der Waals surface area (Å²) in [5, 5.41) is 2.71. The van der Waals surface area contributed by atoms with Gasteiger partial charge in [-0.05, 0) is 39.0 Å². The molecular weight excluding hydrogens is 339 g/mol. The molecule has 0 bridgehead atoms. The molecule has 1 aliphatic heterocycles. The van der Waals surface area contributed by atoms with Gasteiger partial charge in [-0.25, -0.2) is 4.39 Å². The Morgan fingerprint density at radius 1 is 1.43 bits per heavy atom. The highest BCUT2D eigenvalue weighted by molar-refractivity contribution is 9.10. The van der Waals surface area contributed by atoms with E-state index in [0.717, 1.165) is 4.47 Å². The number of nitrogens with one attached hydrogen (secondary N) is 1. The van der Waals surface area contributed by atoms with E-state index < -0.39 is 5.54 Å². The Bertz CT molecular complexity index is 589. The Morgan fingerprint density at radius 2 is 2.10 bits per heavy atom. The molecule has 1 saturated heterocycles. The predicted octanol–water partition coefficient (Wildman–Crippen LogP) is 2.60. The smallest absolute Gasteiger partial charge is 0.248 e. The van der Waals surface area contributed by atoms with Gasteiger partial charge in [0.15, 0.2) is 0 Å². The summed E-state index contributed by atoms with van der Waals surface area (Å²) in [7, 11) is 0. The summed E-state index contributed by atoms with van der Waals surface area (Å²) in [4.78, 5) is 26.0. The summed E-state index contributed by atoms with van der Waals surface area (Å²) in [6.07, 6.45) is 0.213. The van der Waals surface area contributed by atoms with Crippen LogP contribution in [0.4, 0.5) is 4.39 Å². The van der Waals surface area contributed by atoms with Crippen LogP contribution in [-0.4, -0.2) is 28.3 Å². The number of hydrogen-bond donors (Lipinski definition) is 1. The molecule has 6 heteroatoms. The Balaban J connectivity index is 2.33. The number of rotatable bonds is 2. The zero-order chi connectivity index (χ0) is 15.8. The Labute approximate surface area is 131 Å². The number of carbonyl (C=O) groups excluding carboxylic acids is 2. The average Bonchev–Trinajstić information content (AvgIpc) is 2.43. The van der Waals surface area contributed by atoms with Crippen LogP contribution in [0.15, 0.2) is 22.7 Å². The quantitative estimate of drug-likeness (QED) is 0.885. The van der Waals surface area contributed by atoms with E-state index in [0.29, 0.717) is 5.56 Å². The van der Waals surface area contributed by atoms with Gasteiger partial charge >= 0.3 is 0 Å². The second kappa shape index (κ2) is 5.75. The fraction of sp³-hybridized carbons (Fsp3) is 0.467. The molecule has 1 unspecified atom stereocenters. The van der Waals surface area contributed by atoms with Crippen molar-refractivity contribution in [3.05, 3.63) is 34.1 Å². The lowest BCUT2D eigenvalue weighted by molar-refractivity contribution is -0.139. The molecule has 0 aliphatic carbocycles. The fourth-order valence-corrected chi connectivity index (χ4v) is 2.87. The van der Waals surface area contributed by atoms with Gasteiger partial charge < -0.3 is 10.2 Å². The highest BCUT2D eigenvalue weighted by Gasteiger charge is 2.39. The lowest BCUT2D eigenvalue weighted by Crippen LogP contribution is -2.53. The van der Waals surface area contributed by atoms with Crippen LogP contribution in [0.5, 0.6) is 0 Å². The van der Waals surface area contributed by atoms with E-state index in [2.05, 4.69) is 21.2 Å². The first kappa shape index (κ1) is 15.9. The minimum absolute atomic E-state index is 0.143. The largest absolute Gasteiger partial charge is 0.342 e. The van der Waals surface area contributed by atoms with E-state index in [-0.39, 0.29) is 36.6 Å². The number of hydrogen-bond acceptors (Lipinski definition) is 2. The number of carbonyl (C=O) groups is 2. The van der Waals surface area contributed by atoms with Crippen molar-refractivity contribution in [3.8, 4) is 0 Å². The molecule has 2 rings (SSSR count). The minimum atomic E-state index is -0.982. The van der Waals surface area contributed by atoms with Crippen molar-refractivity contribution in [2.24, 2.45) is 0 Å². The van der Waals surface area contributed by atoms with Gasteiger partial charge in [-0.2, -0.15) is 0 Å². The van der Waals surface area contributed by atoms with Crippen molar-refractivity contribution < 1.29 is 14.0 Å². The summed E-state index contributed by atoms with van der Waals surface area (Å²) < 4.78 is 14.7. The molecule has 21 heavy (non-hydrogen) atoms. The third kappa shape index (κ3) is 3.43. The van der Waals surface area contributed by atoms with Crippen molar-refractivity contribution in [1.29, 1.82) is 0 Å². The molecule has 1 aromatic rings. The van der Waals surface area contributed by atoms with E-state index in [1.807, 2.05) is 0 Å². The average molecular weight is 357 g/mol. The van der Waals surface area contributed by atoms with Crippen LogP contribution in [0, 0.1) is 5.82 Å². The molecule has 1 N–H and O–H groups in total. The van der Waals surface area contributed by atoms with Crippen LogP contribution in [0.3, 0.4) is 0 Å². The SMILES string of the molecule is CC1CC(=O)NC(C)(C)C(=O)N1Cc1cc(Br)ccc1F. The van der Waals surface area contributed by atoms with Gasteiger partial charge in [0.05, 0.1) is 0 Å². The molecule has 0 saturated carbocycles. The maximum Gasteiger partial charge on any atom is 0.248 e.